The van der Waals surface area contributed by atoms with Crippen molar-refractivity contribution in [2.75, 3.05) is 13.7 Å². The van der Waals surface area contributed by atoms with Crippen LogP contribution in [0.5, 0.6) is 5.75 Å². The Bertz CT molecular complexity index is 436. The molecule has 0 aliphatic carbocycles. The van der Waals surface area contributed by atoms with Crippen LogP contribution in [0.2, 0.25) is 0 Å². The fourth-order valence-corrected chi connectivity index (χ4v) is 1.92. The number of hydrogen-bond acceptors (Lipinski definition) is 2. The molecule has 0 spiro atoms. The second-order valence-electron chi connectivity index (χ2n) is 5.36. The third-order valence-electron chi connectivity index (χ3n) is 3.37. The maximum absolute atomic E-state index is 12.8. The lowest BCUT2D eigenvalue weighted by Crippen LogP contribution is -2.47. The molecule has 0 aromatic heterocycles. The first-order valence-electron chi connectivity index (χ1n) is 7.35. The van der Waals surface area contributed by atoms with Crippen LogP contribution in [-0.4, -0.2) is 36.7 Å². The number of benzene rings is 1. The summed E-state index contributed by atoms with van der Waals surface area (Å²) in [6.45, 7) is 6.34. The van der Waals surface area contributed by atoms with E-state index in [1.165, 1.54) is 12.1 Å². The molecule has 1 aromatic rings. The molecule has 2 atom stereocenters. The van der Waals surface area contributed by atoms with Gasteiger partial charge >= 0.3 is 6.03 Å². The lowest BCUT2D eigenvalue weighted by molar-refractivity contribution is 0.181. The molecule has 1 aromatic carbocycles. The standard InChI is InChI=1S/C16H25FN2O2/c1-5-6-13(3)19(4)16(20)18-12(2)11-21-15-9-7-14(17)8-10-15/h7-10,12-13H,5-6,11H2,1-4H3,(H,18,20)/t12-,13-/m0/s1. The van der Waals surface area contributed by atoms with E-state index in [4.69, 9.17) is 4.74 Å². The van der Waals surface area contributed by atoms with Crippen molar-refractivity contribution in [3.8, 4) is 5.75 Å². The molecule has 0 bridgehead atoms. The van der Waals surface area contributed by atoms with Gasteiger partial charge in [0.15, 0.2) is 0 Å². The first kappa shape index (κ1) is 17.3. The highest BCUT2D eigenvalue weighted by Gasteiger charge is 2.16. The Morgan fingerprint density at radius 3 is 2.52 bits per heavy atom. The molecule has 0 heterocycles. The van der Waals surface area contributed by atoms with Crippen LogP contribution in [-0.2, 0) is 0 Å². The van der Waals surface area contributed by atoms with E-state index in [1.54, 1.807) is 24.1 Å². The maximum atomic E-state index is 12.8. The Balaban J connectivity index is 2.37. The summed E-state index contributed by atoms with van der Waals surface area (Å²) >= 11 is 0. The molecule has 0 saturated heterocycles. The Morgan fingerprint density at radius 1 is 1.33 bits per heavy atom. The molecular weight excluding hydrogens is 271 g/mol. The Kier molecular flexibility index (Phi) is 6.99. The smallest absolute Gasteiger partial charge is 0.317 e. The Morgan fingerprint density at radius 2 is 1.95 bits per heavy atom. The predicted octanol–water partition coefficient (Wildman–Crippen LogP) is 3.42. The topological polar surface area (TPSA) is 41.6 Å². The highest BCUT2D eigenvalue weighted by atomic mass is 19.1. The number of nitrogens with one attached hydrogen (secondary N) is 1. The van der Waals surface area contributed by atoms with E-state index in [0.717, 1.165) is 12.8 Å². The highest BCUT2D eigenvalue weighted by molar-refractivity contribution is 5.74. The predicted molar refractivity (Wildman–Crippen MR) is 82.0 cm³/mol. The number of carbonyl (C=O) groups excluding carboxylic acids is 1. The third-order valence-corrected chi connectivity index (χ3v) is 3.37. The molecule has 21 heavy (non-hydrogen) atoms. The molecule has 5 heteroatoms. The number of nitrogens with zero attached hydrogens (tertiary/aromatic N) is 1. The molecule has 1 rings (SSSR count). The van der Waals surface area contributed by atoms with Crippen molar-refractivity contribution in [3.63, 3.8) is 0 Å². The summed E-state index contributed by atoms with van der Waals surface area (Å²) in [5.74, 6) is 0.292. The minimum atomic E-state index is -0.296. The first-order valence-corrected chi connectivity index (χ1v) is 7.35. The van der Waals surface area contributed by atoms with Gasteiger partial charge in [0.05, 0.1) is 6.04 Å². The largest absolute Gasteiger partial charge is 0.491 e. The van der Waals surface area contributed by atoms with Crippen LogP contribution in [0.4, 0.5) is 9.18 Å². The van der Waals surface area contributed by atoms with Crippen LogP contribution in [0.15, 0.2) is 24.3 Å². The van der Waals surface area contributed by atoms with Crippen LogP contribution < -0.4 is 10.1 Å². The summed E-state index contributed by atoms with van der Waals surface area (Å²) in [5.41, 5.74) is 0. The van der Waals surface area contributed by atoms with E-state index in [2.05, 4.69) is 12.2 Å². The summed E-state index contributed by atoms with van der Waals surface area (Å²) in [6, 6.07) is 5.81. The number of hydrogen-bond donors (Lipinski definition) is 1. The quantitative estimate of drug-likeness (QED) is 0.837. The van der Waals surface area contributed by atoms with Gasteiger partial charge in [0.1, 0.15) is 18.2 Å². The van der Waals surface area contributed by atoms with Crippen molar-refractivity contribution in [2.24, 2.45) is 0 Å². The van der Waals surface area contributed by atoms with Gasteiger partial charge in [-0.15, -0.1) is 0 Å². The monoisotopic (exact) mass is 296 g/mol. The Labute approximate surface area is 126 Å². The molecule has 0 aliphatic rings. The highest BCUT2D eigenvalue weighted by Crippen LogP contribution is 2.11. The van der Waals surface area contributed by atoms with Crippen molar-refractivity contribution in [1.29, 1.82) is 0 Å². The number of carbonyl (C=O) groups is 1. The Hall–Kier alpha value is -1.78. The number of urea groups is 1. The van der Waals surface area contributed by atoms with Crippen molar-refractivity contribution >= 4 is 6.03 Å². The van der Waals surface area contributed by atoms with E-state index in [1.807, 2.05) is 13.8 Å². The van der Waals surface area contributed by atoms with Crippen LogP contribution in [0.1, 0.15) is 33.6 Å². The second kappa shape index (κ2) is 8.49. The lowest BCUT2D eigenvalue weighted by atomic mass is 10.2. The summed E-state index contributed by atoms with van der Waals surface area (Å²) in [7, 11) is 1.79. The maximum Gasteiger partial charge on any atom is 0.317 e. The molecule has 0 aliphatic heterocycles. The average Bonchev–Trinajstić information content (AvgIpc) is 2.46. The molecule has 2 amide bonds. The molecule has 0 radical (unpaired) electrons. The summed E-state index contributed by atoms with van der Waals surface area (Å²) in [4.78, 5) is 13.7. The number of amides is 2. The van der Waals surface area contributed by atoms with E-state index in [-0.39, 0.29) is 23.9 Å². The van der Waals surface area contributed by atoms with Crippen LogP contribution in [0, 0.1) is 5.82 Å². The van der Waals surface area contributed by atoms with Gasteiger partial charge in [-0.05, 0) is 44.5 Å². The van der Waals surface area contributed by atoms with Crippen LogP contribution in [0.3, 0.4) is 0 Å². The molecule has 0 fully saturated rings. The van der Waals surface area contributed by atoms with E-state index < -0.39 is 0 Å². The fourth-order valence-electron chi connectivity index (χ4n) is 1.92. The number of halogens is 1. The van der Waals surface area contributed by atoms with Crippen molar-refractivity contribution in [2.45, 2.75) is 45.7 Å². The van der Waals surface area contributed by atoms with Gasteiger partial charge in [-0.2, -0.15) is 0 Å². The van der Waals surface area contributed by atoms with Gasteiger partial charge in [0, 0.05) is 13.1 Å². The zero-order valence-electron chi connectivity index (χ0n) is 13.2. The number of ether oxygens (including phenoxy) is 1. The molecular formula is C16H25FN2O2. The lowest BCUT2D eigenvalue weighted by Gasteiger charge is -2.26. The van der Waals surface area contributed by atoms with E-state index >= 15 is 0 Å². The molecule has 118 valence electrons. The third kappa shape index (κ3) is 6.02. The average molecular weight is 296 g/mol. The number of rotatable bonds is 7. The SMILES string of the molecule is CCC[C@H](C)N(C)C(=O)N[C@@H](C)COc1ccc(F)cc1. The first-order chi connectivity index (χ1) is 9.93. The zero-order valence-corrected chi connectivity index (χ0v) is 13.2. The molecule has 0 unspecified atom stereocenters. The van der Waals surface area contributed by atoms with Gasteiger partial charge in [-0.25, -0.2) is 9.18 Å². The molecule has 1 N–H and O–H groups in total. The summed E-state index contributed by atoms with van der Waals surface area (Å²) in [6.07, 6.45) is 2.02. The van der Waals surface area contributed by atoms with Crippen molar-refractivity contribution in [1.82, 2.24) is 10.2 Å². The normalized spacial score (nSPS) is 13.4. The van der Waals surface area contributed by atoms with Gasteiger partial charge < -0.3 is 15.0 Å². The van der Waals surface area contributed by atoms with Crippen LogP contribution in [0.25, 0.3) is 0 Å². The van der Waals surface area contributed by atoms with E-state index in [9.17, 15) is 9.18 Å². The summed E-state index contributed by atoms with van der Waals surface area (Å²) < 4.78 is 18.3. The van der Waals surface area contributed by atoms with Gasteiger partial charge in [0.2, 0.25) is 0 Å². The minimum Gasteiger partial charge on any atom is -0.491 e. The zero-order chi connectivity index (χ0) is 15.8. The minimum absolute atomic E-state index is 0.105. The molecule has 4 nitrogen and oxygen atoms in total. The van der Waals surface area contributed by atoms with Crippen molar-refractivity contribution < 1.29 is 13.9 Å². The summed E-state index contributed by atoms with van der Waals surface area (Å²) in [5, 5.41) is 2.89. The molecule has 0 saturated carbocycles. The second-order valence-corrected chi connectivity index (χ2v) is 5.36. The van der Waals surface area contributed by atoms with Gasteiger partial charge in [-0.3, -0.25) is 0 Å². The van der Waals surface area contributed by atoms with E-state index in [0.29, 0.717) is 12.4 Å². The van der Waals surface area contributed by atoms with Gasteiger partial charge in [-0.1, -0.05) is 13.3 Å². The van der Waals surface area contributed by atoms with Gasteiger partial charge in [0.25, 0.3) is 0 Å². The fraction of sp³-hybridized carbons (Fsp3) is 0.562. The van der Waals surface area contributed by atoms with Crippen molar-refractivity contribution in [3.05, 3.63) is 30.1 Å². The van der Waals surface area contributed by atoms with Crippen LogP contribution >= 0.6 is 0 Å².